The minimum atomic E-state index is -0.525. The number of rotatable bonds is 5. The molecule has 2 aromatic rings. The summed E-state index contributed by atoms with van der Waals surface area (Å²) < 4.78 is 19.2. The summed E-state index contributed by atoms with van der Waals surface area (Å²) in [6, 6.07) is 11.8. The smallest absolute Gasteiger partial charge is 0.311 e. The van der Waals surface area contributed by atoms with E-state index in [0.717, 1.165) is 5.69 Å². The predicted molar refractivity (Wildman–Crippen MR) is 117 cm³/mol. The number of halogens is 2. The standard InChI is InChI=1S/C20H17BrFN3O3S/c1-28-20(27)10-13-9-19(25-17-5-3-2-4-16(17)23-13)29-11-18(26)24-15-7-6-12(21)8-14(15)22/h2-9,23H,10-11H2,1H3,(H,24,26). The average molecular weight is 478 g/mol. The van der Waals surface area contributed by atoms with Crippen LogP contribution < -0.4 is 10.6 Å². The number of aliphatic imine (C=N–C) groups is 1. The van der Waals surface area contributed by atoms with Gasteiger partial charge in [0.2, 0.25) is 5.91 Å². The summed E-state index contributed by atoms with van der Waals surface area (Å²) in [6.07, 6.45) is 1.75. The lowest BCUT2D eigenvalue weighted by molar-refractivity contribution is -0.139. The molecule has 0 saturated carbocycles. The lowest BCUT2D eigenvalue weighted by Crippen LogP contribution is -2.16. The number of nitrogens with one attached hydrogen (secondary N) is 2. The molecule has 1 aliphatic heterocycles. The molecule has 29 heavy (non-hydrogen) atoms. The second-order valence-electron chi connectivity index (χ2n) is 5.98. The number of hydrogen-bond donors (Lipinski definition) is 2. The van der Waals surface area contributed by atoms with Gasteiger partial charge >= 0.3 is 5.97 Å². The highest BCUT2D eigenvalue weighted by molar-refractivity contribution is 9.10. The Hall–Kier alpha value is -2.65. The lowest BCUT2D eigenvalue weighted by atomic mass is 10.2. The van der Waals surface area contributed by atoms with Crippen molar-refractivity contribution in [1.82, 2.24) is 0 Å². The third-order valence-corrected chi connectivity index (χ3v) is 5.25. The van der Waals surface area contributed by atoms with Gasteiger partial charge in [0.1, 0.15) is 5.82 Å². The maximum absolute atomic E-state index is 13.9. The van der Waals surface area contributed by atoms with E-state index in [4.69, 9.17) is 4.74 Å². The molecule has 150 valence electrons. The maximum Gasteiger partial charge on any atom is 0.311 e. The number of amides is 1. The number of fused-ring (bicyclic) bond motifs is 1. The van der Waals surface area contributed by atoms with Gasteiger partial charge in [0.05, 0.1) is 41.4 Å². The average Bonchev–Trinajstić information content (AvgIpc) is 2.87. The van der Waals surface area contributed by atoms with Crippen molar-refractivity contribution in [3.05, 3.63) is 64.5 Å². The molecule has 0 aliphatic carbocycles. The van der Waals surface area contributed by atoms with Crippen LogP contribution in [-0.2, 0) is 14.3 Å². The minimum absolute atomic E-state index is 0.0263. The summed E-state index contributed by atoms with van der Waals surface area (Å²) in [5.74, 6) is -1.26. The zero-order valence-corrected chi connectivity index (χ0v) is 17.8. The summed E-state index contributed by atoms with van der Waals surface area (Å²) in [5.41, 5.74) is 2.15. The van der Waals surface area contributed by atoms with Crippen LogP contribution in [0.4, 0.5) is 21.5 Å². The zero-order chi connectivity index (χ0) is 20.8. The van der Waals surface area contributed by atoms with E-state index >= 15 is 0 Å². The largest absolute Gasteiger partial charge is 0.469 e. The summed E-state index contributed by atoms with van der Waals surface area (Å²) >= 11 is 4.36. The number of thioether (sulfide) groups is 1. The molecule has 0 unspecified atom stereocenters. The molecule has 0 atom stereocenters. The van der Waals surface area contributed by atoms with Gasteiger partial charge in [-0.3, -0.25) is 9.59 Å². The number of carbonyl (C=O) groups excluding carboxylic acids is 2. The van der Waals surface area contributed by atoms with Gasteiger partial charge in [-0.15, -0.1) is 0 Å². The van der Waals surface area contributed by atoms with E-state index < -0.39 is 11.8 Å². The molecule has 3 rings (SSSR count). The van der Waals surface area contributed by atoms with Gasteiger partial charge in [-0.2, -0.15) is 0 Å². The Labute approximate surface area is 179 Å². The number of methoxy groups -OCH3 is 1. The predicted octanol–water partition coefficient (Wildman–Crippen LogP) is 4.86. The van der Waals surface area contributed by atoms with Crippen LogP contribution in [0.5, 0.6) is 0 Å². The number of anilines is 2. The first-order valence-corrected chi connectivity index (χ1v) is 10.3. The summed E-state index contributed by atoms with van der Waals surface area (Å²) in [6.45, 7) is 0. The van der Waals surface area contributed by atoms with E-state index in [-0.39, 0.29) is 23.8 Å². The van der Waals surface area contributed by atoms with Crippen LogP contribution in [-0.4, -0.2) is 29.8 Å². The molecule has 6 nitrogen and oxygen atoms in total. The van der Waals surface area contributed by atoms with E-state index in [2.05, 4.69) is 31.6 Å². The Morgan fingerprint density at radius 1 is 1.28 bits per heavy atom. The fourth-order valence-electron chi connectivity index (χ4n) is 2.50. The van der Waals surface area contributed by atoms with Crippen LogP contribution in [0.25, 0.3) is 0 Å². The maximum atomic E-state index is 13.9. The van der Waals surface area contributed by atoms with Gasteiger partial charge < -0.3 is 15.4 Å². The van der Waals surface area contributed by atoms with Gasteiger partial charge in [0, 0.05) is 10.2 Å². The molecule has 0 aromatic heterocycles. The van der Waals surface area contributed by atoms with Crippen LogP contribution >= 0.6 is 27.7 Å². The van der Waals surface area contributed by atoms with Crippen molar-refractivity contribution in [3.8, 4) is 0 Å². The van der Waals surface area contributed by atoms with Crippen LogP contribution in [0.3, 0.4) is 0 Å². The van der Waals surface area contributed by atoms with Crippen molar-refractivity contribution < 1.29 is 18.7 Å². The summed E-state index contributed by atoms with van der Waals surface area (Å²) in [4.78, 5) is 28.5. The van der Waals surface area contributed by atoms with Gasteiger partial charge in [0.25, 0.3) is 0 Å². The first kappa shape index (κ1) is 21.1. The third kappa shape index (κ3) is 5.91. The number of ether oxygens (including phenoxy) is 1. The summed E-state index contributed by atoms with van der Waals surface area (Å²) in [5, 5.41) is 6.26. The Kier molecular flexibility index (Phi) is 7.05. The van der Waals surface area contributed by atoms with E-state index in [0.29, 0.717) is 20.9 Å². The molecular formula is C20H17BrFN3O3S. The number of carbonyl (C=O) groups is 2. The molecule has 0 radical (unpaired) electrons. The van der Waals surface area contributed by atoms with Crippen molar-refractivity contribution in [3.63, 3.8) is 0 Å². The summed E-state index contributed by atoms with van der Waals surface area (Å²) in [7, 11) is 1.32. The van der Waals surface area contributed by atoms with Crippen molar-refractivity contribution in [2.75, 3.05) is 23.5 Å². The number of esters is 1. The van der Waals surface area contributed by atoms with Gasteiger partial charge in [-0.05, 0) is 36.4 Å². The Bertz CT molecular complexity index is 1010. The molecule has 2 N–H and O–H groups in total. The van der Waals surface area contributed by atoms with Crippen LogP contribution in [0.15, 0.2) is 63.7 Å². The quantitative estimate of drug-likeness (QED) is 0.600. The van der Waals surface area contributed by atoms with Gasteiger partial charge in [-0.1, -0.05) is 39.8 Å². The second-order valence-corrected chi connectivity index (χ2v) is 7.89. The Morgan fingerprint density at radius 3 is 2.83 bits per heavy atom. The topological polar surface area (TPSA) is 79.8 Å². The molecule has 2 aromatic carbocycles. The molecule has 1 heterocycles. The fourth-order valence-corrected chi connectivity index (χ4v) is 3.57. The molecule has 0 spiro atoms. The lowest BCUT2D eigenvalue weighted by Gasteiger charge is -2.09. The van der Waals surface area contributed by atoms with E-state index in [1.54, 1.807) is 12.1 Å². The Balaban J connectivity index is 1.73. The highest BCUT2D eigenvalue weighted by Gasteiger charge is 2.15. The first-order valence-electron chi connectivity index (χ1n) is 8.54. The number of para-hydroxylation sites is 2. The molecule has 9 heteroatoms. The molecule has 1 aliphatic rings. The number of nitrogens with zero attached hydrogens (tertiary/aromatic N) is 1. The number of hydrogen-bond acceptors (Lipinski definition) is 6. The first-order chi connectivity index (χ1) is 13.9. The third-order valence-electron chi connectivity index (χ3n) is 3.85. The van der Waals surface area contributed by atoms with E-state index in [1.165, 1.54) is 31.0 Å². The molecule has 0 saturated heterocycles. The number of benzene rings is 2. The molecule has 0 fully saturated rings. The second kappa shape index (κ2) is 9.71. The van der Waals surface area contributed by atoms with E-state index in [1.807, 2.05) is 24.3 Å². The Morgan fingerprint density at radius 2 is 2.07 bits per heavy atom. The van der Waals surface area contributed by atoms with Crippen LogP contribution in [0.1, 0.15) is 6.42 Å². The molecular weight excluding hydrogens is 461 g/mol. The minimum Gasteiger partial charge on any atom is -0.469 e. The highest BCUT2D eigenvalue weighted by atomic mass is 79.9. The normalized spacial score (nSPS) is 12.7. The van der Waals surface area contributed by atoms with Crippen LogP contribution in [0, 0.1) is 5.82 Å². The highest BCUT2D eigenvalue weighted by Crippen LogP contribution is 2.31. The van der Waals surface area contributed by atoms with Crippen molar-refractivity contribution in [2.24, 2.45) is 4.99 Å². The monoisotopic (exact) mass is 477 g/mol. The zero-order valence-electron chi connectivity index (χ0n) is 15.4. The van der Waals surface area contributed by atoms with Crippen molar-refractivity contribution in [1.29, 1.82) is 0 Å². The van der Waals surface area contributed by atoms with E-state index in [9.17, 15) is 14.0 Å². The SMILES string of the molecule is COC(=O)CC1=CC(SCC(=O)Nc2ccc(Br)cc2F)=Nc2ccccc2N1. The van der Waals surface area contributed by atoms with Crippen molar-refractivity contribution >= 4 is 61.7 Å². The molecule has 0 bridgehead atoms. The van der Waals surface area contributed by atoms with Gasteiger partial charge in [0.15, 0.2) is 0 Å². The fraction of sp³-hybridized carbons (Fsp3) is 0.150. The van der Waals surface area contributed by atoms with Crippen LogP contribution in [0.2, 0.25) is 0 Å². The van der Waals surface area contributed by atoms with Crippen molar-refractivity contribution in [2.45, 2.75) is 6.42 Å². The molecule has 1 amide bonds. The van der Waals surface area contributed by atoms with Gasteiger partial charge in [-0.25, -0.2) is 9.38 Å².